The van der Waals surface area contributed by atoms with Crippen LogP contribution in [0.25, 0.3) is 0 Å². The van der Waals surface area contributed by atoms with Crippen LogP contribution in [0.1, 0.15) is 27.4 Å². The minimum absolute atomic E-state index is 0.140. The third kappa shape index (κ3) is 5.29. The van der Waals surface area contributed by atoms with Crippen LogP contribution in [-0.4, -0.2) is 36.2 Å². The number of amides is 1. The lowest BCUT2D eigenvalue weighted by Gasteiger charge is -2.19. The fourth-order valence-corrected chi connectivity index (χ4v) is 2.89. The first-order valence-electron chi connectivity index (χ1n) is 9.23. The maximum atomic E-state index is 12.9. The van der Waals surface area contributed by atoms with Gasteiger partial charge in [-0.2, -0.15) is 0 Å². The van der Waals surface area contributed by atoms with Gasteiger partial charge in [0.25, 0.3) is 5.91 Å². The van der Waals surface area contributed by atoms with Crippen molar-refractivity contribution in [1.29, 1.82) is 0 Å². The van der Waals surface area contributed by atoms with Gasteiger partial charge in [-0.05, 0) is 50.2 Å². The molecule has 0 radical (unpaired) electrons. The minimum Gasteiger partial charge on any atom is -0.492 e. The quantitative estimate of drug-likeness (QED) is 0.535. The Morgan fingerprint density at radius 3 is 2.52 bits per heavy atom. The summed E-state index contributed by atoms with van der Waals surface area (Å²) >= 11 is 5.87. The van der Waals surface area contributed by atoms with E-state index in [-0.39, 0.29) is 12.5 Å². The zero-order valence-electron chi connectivity index (χ0n) is 16.6. The summed E-state index contributed by atoms with van der Waals surface area (Å²) in [5.74, 6) is 1.79. The van der Waals surface area contributed by atoms with Crippen molar-refractivity contribution < 1.29 is 18.8 Å². The average molecular weight is 415 g/mol. The first-order valence-corrected chi connectivity index (χ1v) is 9.61. The number of carbonyl (C=O) groups excluding carboxylic acids is 1. The minimum atomic E-state index is -0.140. The number of halogens is 1. The molecule has 3 rings (SSSR count). The van der Waals surface area contributed by atoms with Crippen molar-refractivity contribution in [3.63, 3.8) is 0 Å². The molecule has 3 aromatic rings. The monoisotopic (exact) mass is 414 g/mol. The van der Waals surface area contributed by atoms with Crippen molar-refractivity contribution in [3.8, 4) is 11.5 Å². The van der Waals surface area contributed by atoms with E-state index in [0.717, 1.165) is 11.3 Å². The van der Waals surface area contributed by atoms with Crippen LogP contribution < -0.4 is 9.47 Å². The van der Waals surface area contributed by atoms with E-state index in [1.165, 1.54) is 0 Å². The molecule has 0 atom stereocenters. The van der Waals surface area contributed by atoms with Crippen molar-refractivity contribution >= 4 is 17.5 Å². The molecule has 0 N–H and O–H groups in total. The lowest BCUT2D eigenvalue weighted by atomic mass is 10.1. The zero-order valence-corrected chi connectivity index (χ0v) is 17.4. The summed E-state index contributed by atoms with van der Waals surface area (Å²) in [4.78, 5) is 14.5. The molecule has 0 saturated carbocycles. The SMILES string of the molecule is Cc1noc(C)c1COc1ccccc1C(=O)N(C)CCOc1ccc(Cl)cc1. The Hall–Kier alpha value is -2.99. The van der Waals surface area contributed by atoms with Crippen LogP contribution in [0.4, 0.5) is 0 Å². The number of benzene rings is 2. The maximum absolute atomic E-state index is 12.9. The first-order chi connectivity index (χ1) is 14.0. The topological polar surface area (TPSA) is 64.8 Å². The van der Waals surface area contributed by atoms with Gasteiger partial charge >= 0.3 is 0 Å². The molecule has 7 heteroatoms. The van der Waals surface area contributed by atoms with Crippen molar-refractivity contribution in [2.75, 3.05) is 20.2 Å². The number of para-hydroxylation sites is 1. The zero-order chi connectivity index (χ0) is 20.8. The molecule has 2 aromatic carbocycles. The maximum Gasteiger partial charge on any atom is 0.257 e. The van der Waals surface area contributed by atoms with Gasteiger partial charge in [-0.25, -0.2) is 0 Å². The number of likely N-dealkylation sites (N-methyl/N-ethyl adjacent to an activating group) is 1. The molecule has 0 bridgehead atoms. The summed E-state index contributed by atoms with van der Waals surface area (Å²) in [6.07, 6.45) is 0. The molecule has 0 spiro atoms. The Kier molecular flexibility index (Phi) is 6.77. The molecule has 0 unspecified atom stereocenters. The van der Waals surface area contributed by atoms with Crippen LogP contribution in [0, 0.1) is 13.8 Å². The lowest BCUT2D eigenvalue weighted by Crippen LogP contribution is -2.31. The van der Waals surface area contributed by atoms with E-state index in [0.29, 0.717) is 41.0 Å². The summed E-state index contributed by atoms with van der Waals surface area (Å²) in [5, 5.41) is 4.58. The number of aryl methyl sites for hydroxylation is 2. The molecule has 152 valence electrons. The number of nitrogens with zero attached hydrogens (tertiary/aromatic N) is 2. The Morgan fingerprint density at radius 1 is 1.10 bits per heavy atom. The van der Waals surface area contributed by atoms with Crippen LogP contribution in [0.3, 0.4) is 0 Å². The predicted octanol–water partition coefficient (Wildman–Crippen LogP) is 4.67. The Morgan fingerprint density at radius 2 is 1.83 bits per heavy atom. The number of hydrogen-bond acceptors (Lipinski definition) is 5. The Labute approximate surface area is 175 Å². The first kappa shape index (κ1) is 20.7. The van der Waals surface area contributed by atoms with Crippen molar-refractivity contribution in [2.24, 2.45) is 0 Å². The van der Waals surface area contributed by atoms with Crippen molar-refractivity contribution in [3.05, 3.63) is 76.1 Å². The second kappa shape index (κ2) is 9.47. The van der Waals surface area contributed by atoms with Gasteiger partial charge in [0.05, 0.1) is 23.4 Å². The predicted molar refractivity (Wildman–Crippen MR) is 111 cm³/mol. The molecule has 0 fully saturated rings. The van der Waals surface area contributed by atoms with Gasteiger partial charge in [0.15, 0.2) is 0 Å². The molecule has 0 aliphatic carbocycles. The van der Waals surface area contributed by atoms with E-state index in [1.54, 1.807) is 48.3 Å². The number of ether oxygens (including phenoxy) is 2. The molecule has 29 heavy (non-hydrogen) atoms. The van der Waals surface area contributed by atoms with E-state index < -0.39 is 0 Å². The van der Waals surface area contributed by atoms with Crippen LogP contribution in [0.2, 0.25) is 5.02 Å². The highest BCUT2D eigenvalue weighted by Gasteiger charge is 2.18. The van der Waals surface area contributed by atoms with E-state index in [1.807, 2.05) is 26.0 Å². The Balaban J connectivity index is 1.60. The molecular weight excluding hydrogens is 392 g/mol. The largest absolute Gasteiger partial charge is 0.492 e. The highest BCUT2D eigenvalue weighted by atomic mass is 35.5. The van der Waals surface area contributed by atoms with E-state index in [2.05, 4.69) is 5.16 Å². The molecule has 1 aromatic heterocycles. The average Bonchev–Trinajstić information content (AvgIpc) is 3.05. The summed E-state index contributed by atoms with van der Waals surface area (Å²) in [6.45, 7) is 4.78. The van der Waals surface area contributed by atoms with Gasteiger partial charge < -0.3 is 18.9 Å². The smallest absolute Gasteiger partial charge is 0.257 e. The van der Waals surface area contributed by atoms with Crippen molar-refractivity contribution in [2.45, 2.75) is 20.5 Å². The summed E-state index contributed by atoms with van der Waals surface area (Å²) < 4.78 is 16.7. The normalized spacial score (nSPS) is 10.6. The molecule has 6 nitrogen and oxygen atoms in total. The number of hydrogen-bond donors (Lipinski definition) is 0. The van der Waals surface area contributed by atoms with Crippen LogP contribution >= 0.6 is 11.6 Å². The van der Waals surface area contributed by atoms with Gasteiger partial charge in [-0.3, -0.25) is 4.79 Å². The molecule has 1 amide bonds. The summed E-state index contributed by atoms with van der Waals surface area (Å²) in [5.41, 5.74) is 2.16. The van der Waals surface area contributed by atoms with Crippen molar-refractivity contribution in [1.82, 2.24) is 10.1 Å². The second-order valence-electron chi connectivity index (χ2n) is 6.62. The third-order valence-corrected chi connectivity index (χ3v) is 4.78. The van der Waals surface area contributed by atoms with Gasteiger partial charge in [0.2, 0.25) is 0 Å². The van der Waals surface area contributed by atoms with Gasteiger partial charge in [0.1, 0.15) is 30.5 Å². The number of rotatable bonds is 8. The fraction of sp³-hybridized carbons (Fsp3) is 0.273. The second-order valence-corrected chi connectivity index (χ2v) is 7.05. The number of aromatic nitrogens is 1. The Bertz CT molecular complexity index is 950. The van der Waals surface area contributed by atoms with E-state index >= 15 is 0 Å². The molecule has 0 saturated heterocycles. The fourth-order valence-electron chi connectivity index (χ4n) is 2.77. The van der Waals surface area contributed by atoms with Crippen LogP contribution in [-0.2, 0) is 6.61 Å². The highest BCUT2D eigenvalue weighted by Crippen LogP contribution is 2.23. The lowest BCUT2D eigenvalue weighted by molar-refractivity contribution is 0.0769. The van der Waals surface area contributed by atoms with Gasteiger partial charge in [-0.1, -0.05) is 28.9 Å². The van der Waals surface area contributed by atoms with Crippen LogP contribution in [0.15, 0.2) is 53.1 Å². The number of carbonyl (C=O) groups is 1. The summed E-state index contributed by atoms with van der Waals surface area (Å²) in [6, 6.07) is 14.3. The van der Waals surface area contributed by atoms with E-state index in [9.17, 15) is 4.79 Å². The molecule has 0 aliphatic heterocycles. The highest BCUT2D eigenvalue weighted by molar-refractivity contribution is 6.30. The van der Waals surface area contributed by atoms with Gasteiger partial charge in [0, 0.05) is 12.1 Å². The summed E-state index contributed by atoms with van der Waals surface area (Å²) in [7, 11) is 1.73. The van der Waals surface area contributed by atoms with E-state index in [4.69, 9.17) is 25.6 Å². The molecular formula is C22H23ClN2O4. The molecule has 0 aliphatic rings. The van der Waals surface area contributed by atoms with Crippen LogP contribution in [0.5, 0.6) is 11.5 Å². The molecule has 1 heterocycles. The third-order valence-electron chi connectivity index (χ3n) is 4.53. The van der Waals surface area contributed by atoms with Gasteiger partial charge in [-0.15, -0.1) is 0 Å². The standard InChI is InChI=1S/C22H23ClN2O4/c1-15-20(16(2)29-24-15)14-28-21-7-5-4-6-19(21)22(26)25(3)12-13-27-18-10-8-17(23)9-11-18/h4-11H,12-14H2,1-3H3.